The van der Waals surface area contributed by atoms with Gasteiger partial charge >= 0.3 is 8.80 Å². The molecule has 0 atom stereocenters. The Morgan fingerprint density at radius 2 is 1.60 bits per heavy atom. The first kappa shape index (κ1) is 12.7. The van der Waals surface area contributed by atoms with Gasteiger partial charge in [0.25, 0.3) is 0 Å². The summed E-state index contributed by atoms with van der Waals surface area (Å²) in [5, 5.41) is 0.901. The first-order chi connectivity index (χ1) is 7.09. The van der Waals surface area contributed by atoms with E-state index in [0.29, 0.717) is 0 Å². The number of thiol groups is 1. The monoisotopic (exact) mass is 244 g/mol. The second kappa shape index (κ2) is 5.13. The first-order valence-electron chi connectivity index (χ1n) is 4.55. The van der Waals surface area contributed by atoms with Crippen LogP contribution in [-0.2, 0) is 13.3 Å². The summed E-state index contributed by atoms with van der Waals surface area (Å²) in [6.07, 6.45) is 0. The highest BCUT2D eigenvalue weighted by molar-refractivity contribution is 7.80. The van der Waals surface area contributed by atoms with Gasteiger partial charge in [0.05, 0.1) is 0 Å². The predicted molar refractivity (Wildman–Crippen MR) is 64.8 cm³/mol. The minimum absolute atomic E-state index is 0.831. The van der Waals surface area contributed by atoms with Crippen molar-refractivity contribution in [2.75, 3.05) is 21.3 Å². The van der Waals surface area contributed by atoms with Crippen molar-refractivity contribution in [2.24, 2.45) is 0 Å². The molecule has 0 unspecified atom stereocenters. The molecule has 0 aliphatic rings. The number of aryl methyl sites for hydroxylation is 1. The van der Waals surface area contributed by atoms with Gasteiger partial charge in [0, 0.05) is 31.4 Å². The summed E-state index contributed by atoms with van der Waals surface area (Å²) in [7, 11) is 2.03. The van der Waals surface area contributed by atoms with E-state index in [9.17, 15) is 0 Å². The number of rotatable bonds is 4. The van der Waals surface area contributed by atoms with E-state index >= 15 is 0 Å². The van der Waals surface area contributed by atoms with Crippen LogP contribution < -0.4 is 5.19 Å². The van der Waals surface area contributed by atoms with Gasteiger partial charge in [-0.15, -0.1) is 12.6 Å². The molecule has 1 rings (SSSR count). The standard InChI is InChI=1S/C10H16O3SSi/c1-8-5-6-9(14)10(7-8)15(11-2,12-3)13-4/h5-7,14H,1-4H3. The van der Waals surface area contributed by atoms with Gasteiger partial charge in [0.15, 0.2) is 0 Å². The van der Waals surface area contributed by atoms with E-state index < -0.39 is 8.80 Å². The number of hydrogen-bond acceptors (Lipinski definition) is 4. The molecule has 1 aromatic carbocycles. The molecule has 5 heteroatoms. The Kier molecular flexibility index (Phi) is 4.36. The van der Waals surface area contributed by atoms with Crippen molar-refractivity contribution >= 4 is 26.6 Å². The molecule has 0 saturated heterocycles. The zero-order chi connectivity index (χ0) is 11.5. The fourth-order valence-electron chi connectivity index (χ4n) is 1.47. The molecule has 0 aliphatic heterocycles. The predicted octanol–water partition coefficient (Wildman–Crippen LogP) is 1.37. The van der Waals surface area contributed by atoms with Gasteiger partial charge in [0.1, 0.15) is 0 Å². The maximum absolute atomic E-state index is 5.40. The fourth-order valence-corrected chi connectivity index (χ4v) is 3.99. The average Bonchev–Trinajstić information content (AvgIpc) is 2.26. The van der Waals surface area contributed by atoms with Crippen molar-refractivity contribution < 1.29 is 13.3 Å². The molecule has 0 amide bonds. The second-order valence-corrected chi connectivity index (χ2v) is 6.55. The van der Waals surface area contributed by atoms with Gasteiger partial charge in [-0.1, -0.05) is 17.7 Å². The van der Waals surface area contributed by atoms with Crippen LogP contribution in [0.15, 0.2) is 23.1 Å². The highest BCUT2D eigenvalue weighted by Crippen LogP contribution is 2.14. The molecule has 1 aromatic rings. The van der Waals surface area contributed by atoms with E-state index in [0.717, 1.165) is 15.6 Å². The van der Waals surface area contributed by atoms with E-state index in [1.165, 1.54) is 0 Å². The molecular formula is C10H16O3SSi. The van der Waals surface area contributed by atoms with Gasteiger partial charge in [-0.3, -0.25) is 0 Å². The molecule has 84 valence electrons. The lowest BCUT2D eigenvalue weighted by Crippen LogP contribution is -2.55. The van der Waals surface area contributed by atoms with E-state index in [1.54, 1.807) is 21.3 Å². The minimum Gasteiger partial charge on any atom is -0.373 e. The zero-order valence-electron chi connectivity index (χ0n) is 9.40. The Hall–Kier alpha value is -0.333. The largest absolute Gasteiger partial charge is 0.537 e. The van der Waals surface area contributed by atoms with Crippen LogP contribution in [0.2, 0.25) is 0 Å². The molecule has 3 nitrogen and oxygen atoms in total. The SMILES string of the molecule is CO[Si](OC)(OC)c1cc(C)ccc1S. The number of benzene rings is 1. The molecule has 0 aliphatic carbocycles. The lowest BCUT2D eigenvalue weighted by molar-refractivity contribution is 0.140. The van der Waals surface area contributed by atoms with Crippen molar-refractivity contribution in [3.05, 3.63) is 23.8 Å². The third kappa shape index (κ3) is 2.43. The van der Waals surface area contributed by atoms with Gasteiger partial charge in [-0.05, 0) is 13.0 Å². The summed E-state index contributed by atoms with van der Waals surface area (Å²) in [6, 6.07) is 5.91. The first-order valence-corrected chi connectivity index (χ1v) is 6.72. The summed E-state index contributed by atoms with van der Waals surface area (Å²) >= 11 is 4.40. The van der Waals surface area contributed by atoms with Gasteiger partial charge in [-0.2, -0.15) is 0 Å². The van der Waals surface area contributed by atoms with Crippen LogP contribution in [0.5, 0.6) is 0 Å². The summed E-state index contributed by atoms with van der Waals surface area (Å²) in [4.78, 5) is 0.831. The van der Waals surface area contributed by atoms with Gasteiger partial charge < -0.3 is 13.3 Å². The summed E-state index contributed by atoms with van der Waals surface area (Å²) in [6.45, 7) is 2.01. The Morgan fingerprint density at radius 1 is 1.07 bits per heavy atom. The molecule has 0 aromatic heterocycles. The Bertz CT molecular complexity index is 331. The van der Waals surface area contributed by atoms with Gasteiger partial charge in [-0.25, -0.2) is 0 Å². The van der Waals surface area contributed by atoms with Crippen LogP contribution in [-0.4, -0.2) is 30.1 Å². The maximum Gasteiger partial charge on any atom is 0.537 e. The average molecular weight is 244 g/mol. The summed E-state index contributed by atoms with van der Waals surface area (Å²) in [5.74, 6) is 0. The molecule has 0 radical (unpaired) electrons. The highest BCUT2D eigenvalue weighted by atomic mass is 32.1. The maximum atomic E-state index is 5.40. The van der Waals surface area contributed by atoms with Crippen molar-refractivity contribution in [3.8, 4) is 0 Å². The van der Waals surface area contributed by atoms with Crippen LogP contribution in [0.25, 0.3) is 0 Å². The van der Waals surface area contributed by atoms with Crippen molar-refractivity contribution in [1.29, 1.82) is 0 Å². The lowest BCUT2D eigenvalue weighted by atomic mass is 10.2. The van der Waals surface area contributed by atoms with Crippen LogP contribution >= 0.6 is 12.6 Å². The molecular weight excluding hydrogens is 228 g/mol. The highest BCUT2D eigenvalue weighted by Gasteiger charge is 2.42. The van der Waals surface area contributed by atoms with Gasteiger partial charge in [0.2, 0.25) is 0 Å². The quantitative estimate of drug-likeness (QED) is 0.640. The van der Waals surface area contributed by atoms with Crippen LogP contribution in [0.1, 0.15) is 5.56 Å². The zero-order valence-corrected chi connectivity index (χ0v) is 11.3. The van der Waals surface area contributed by atoms with Crippen molar-refractivity contribution in [3.63, 3.8) is 0 Å². The van der Waals surface area contributed by atoms with Crippen molar-refractivity contribution in [1.82, 2.24) is 0 Å². The molecule has 0 spiro atoms. The molecule has 0 fully saturated rings. The van der Waals surface area contributed by atoms with Crippen LogP contribution in [0, 0.1) is 6.92 Å². The van der Waals surface area contributed by atoms with E-state index in [4.69, 9.17) is 13.3 Å². The summed E-state index contributed by atoms with van der Waals surface area (Å²) < 4.78 is 16.2. The Balaban J connectivity index is 3.27. The molecule has 15 heavy (non-hydrogen) atoms. The smallest absolute Gasteiger partial charge is 0.373 e. The van der Waals surface area contributed by atoms with E-state index in [-0.39, 0.29) is 0 Å². The molecule has 0 saturated carbocycles. The fraction of sp³-hybridized carbons (Fsp3) is 0.400. The van der Waals surface area contributed by atoms with Crippen LogP contribution in [0.4, 0.5) is 0 Å². The number of hydrogen-bond donors (Lipinski definition) is 1. The summed E-state index contributed by atoms with van der Waals surface area (Å²) in [5.41, 5.74) is 1.13. The Morgan fingerprint density at radius 3 is 2.07 bits per heavy atom. The lowest BCUT2D eigenvalue weighted by Gasteiger charge is -2.25. The normalized spacial score (nSPS) is 11.8. The third-order valence-corrected chi connectivity index (χ3v) is 5.57. The Labute approximate surface area is 97.1 Å². The minimum atomic E-state index is -2.75. The van der Waals surface area contributed by atoms with Crippen LogP contribution in [0.3, 0.4) is 0 Å². The van der Waals surface area contributed by atoms with E-state index in [1.807, 2.05) is 25.1 Å². The van der Waals surface area contributed by atoms with E-state index in [2.05, 4.69) is 12.6 Å². The topological polar surface area (TPSA) is 27.7 Å². The van der Waals surface area contributed by atoms with Crippen molar-refractivity contribution in [2.45, 2.75) is 11.8 Å². The molecule has 0 heterocycles. The second-order valence-electron chi connectivity index (χ2n) is 3.19. The molecule has 0 bridgehead atoms. The molecule has 0 N–H and O–H groups in total. The third-order valence-electron chi connectivity index (χ3n) is 2.29.